The van der Waals surface area contributed by atoms with Crippen molar-refractivity contribution in [3.8, 4) is 11.1 Å². The number of aromatic carboxylic acids is 1. The quantitative estimate of drug-likeness (QED) is 0.286. The van der Waals surface area contributed by atoms with Crippen molar-refractivity contribution in [2.24, 2.45) is 4.99 Å². The van der Waals surface area contributed by atoms with Crippen molar-refractivity contribution in [2.75, 3.05) is 6.54 Å². The van der Waals surface area contributed by atoms with Crippen LogP contribution in [0.15, 0.2) is 77.8 Å². The number of carbonyl (C=O) groups is 2. The second kappa shape index (κ2) is 12.4. The lowest BCUT2D eigenvalue weighted by atomic mass is 9.86. The fourth-order valence-corrected chi connectivity index (χ4v) is 5.17. The number of carbonyl (C=O) groups excluding carboxylic acids is 1. The number of amides is 1. The van der Waals surface area contributed by atoms with Gasteiger partial charge in [-0.2, -0.15) is 0 Å². The molecule has 3 aromatic rings. The number of nitrogens with zero attached hydrogens (tertiary/aromatic N) is 2. The molecular weight excluding hydrogens is 484 g/mol. The first kappa shape index (κ1) is 28.3. The number of hydrogen-bond acceptors (Lipinski definition) is 3. The van der Waals surface area contributed by atoms with E-state index in [9.17, 15) is 9.59 Å². The van der Waals surface area contributed by atoms with E-state index in [0.29, 0.717) is 6.54 Å². The van der Waals surface area contributed by atoms with Crippen LogP contribution in [0.2, 0.25) is 0 Å². The number of aryl methyl sites for hydroxylation is 2. The van der Waals surface area contributed by atoms with Gasteiger partial charge in [0.1, 0.15) is 11.9 Å². The van der Waals surface area contributed by atoms with Gasteiger partial charge in [0.15, 0.2) is 0 Å². The van der Waals surface area contributed by atoms with E-state index >= 15 is 0 Å². The highest BCUT2D eigenvalue weighted by atomic mass is 16.4. The van der Waals surface area contributed by atoms with Crippen molar-refractivity contribution in [3.63, 3.8) is 0 Å². The Morgan fingerprint density at radius 2 is 1.56 bits per heavy atom. The number of amidine groups is 1. The van der Waals surface area contributed by atoms with Crippen molar-refractivity contribution in [1.29, 1.82) is 0 Å². The van der Waals surface area contributed by atoms with Gasteiger partial charge in [0.05, 0.1) is 5.56 Å². The van der Waals surface area contributed by atoms with E-state index < -0.39 is 5.97 Å². The number of benzene rings is 3. The molecule has 1 amide bonds. The summed E-state index contributed by atoms with van der Waals surface area (Å²) in [5, 5.41) is 9.13. The molecule has 0 spiro atoms. The van der Waals surface area contributed by atoms with Crippen molar-refractivity contribution >= 4 is 17.7 Å². The minimum Gasteiger partial charge on any atom is -0.478 e. The fourth-order valence-electron chi connectivity index (χ4n) is 5.17. The number of hydrogen-bond donors (Lipinski definition) is 1. The molecule has 0 aromatic heterocycles. The van der Waals surface area contributed by atoms with Crippen LogP contribution in [0, 0.1) is 0 Å². The average molecular weight is 525 g/mol. The number of aliphatic imine (C=N–C) groups is 1. The molecule has 39 heavy (non-hydrogen) atoms. The Bertz CT molecular complexity index is 1320. The van der Waals surface area contributed by atoms with Crippen LogP contribution >= 0.6 is 0 Å². The lowest BCUT2D eigenvalue weighted by molar-refractivity contribution is -0.127. The lowest BCUT2D eigenvalue weighted by Gasteiger charge is -2.19. The first-order chi connectivity index (χ1) is 18.7. The van der Waals surface area contributed by atoms with E-state index in [1.165, 1.54) is 16.7 Å². The molecule has 1 unspecified atom stereocenters. The first-order valence-electron chi connectivity index (χ1n) is 14.1. The zero-order valence-electron chi connectivity index (χ0n) is 23.6. The van der Waals surface area contributed by atoms with Crippen LogP contribution in [0.3, 0.4) is 0 Å². The summed E-state index contributed by atoms with van der Waals surface area (Å²) >= 11 is 0. The van der Waals surface area contributed by atoms with Gasteiger partial charge < -0.3 is 5.11 Å². The smallest absolute Gasteiger partial charge is 0.335 e. The van der Waals surface area contributed by atoms with E-state index in [0.717, 1.165) is 55.5 Å². The van der Waals surface area contributed by atoms with E-state index in [1.54, 1.807) is 12.1 Å². The molecule has 204 valence electrons. The number of likely N-dealkylation sites (N-methyl/N-ethyl adjacent to an activating group) is 1. The van der Waals surface area contributed by atoms with Crippen LogP contribution in [0.5, 0.6) is 0 Å². The molecule has 1 atom stereocenters. The van der Waals surface area contributed by atoms with Crippen LogP contribution in [0.4, 0.5) is 0 Å². The van der Waals surface area contributed by atoms with Gasteiger partial charge in [0.2, 0.25) is 0 Å². The summed E-state index contributed by atoms with van der Waals surface area (Å²) in [6.07, 6.45) is 5.27. The molecule has 1 aliphatic rings. The van der Waals surface area contributed by atoms with Gasteiger partial charge in [0, 0.05) is 13.0 Å². The minimum atomic E-state index is -0.919. The van der Waals surface area contributed by atoms with Crippen molar-refractivity contribution in [1.82, 2.24) is 4.90 Å². The average Bonchev–Trinajstić information content (AvgIpc) is 3.22. The monoisotopic (exact) mass is 524 g/mol. The predicted molar refractivity (Wildman–Crippen MR) is 158 cm³/mol. The summed E-state index contributed by atoms with van der Waals surface area (Å²) in [7, 11) is 0. The van der Waals surface area contributed by atoms with Gasteiger partial charge >= 0.3 is 5.97 Å². The van der Waals surface area contributed by atoms with Crippen LogP contribution < -0.4 is 0 Å². The molecule has 0 bridgehead atoms. The molecule has 0 radical (unpaired) electrons. The Balaban J connectivity index is 1.30. The maximum absolute atomic E-state index is 13.0. The van der Waals surface area contributed by atoms with Gasteiger partial charge in [-0.15, -0.1) is 0 Å². The van der Waals surface area contributed by atoms with Gasteiger partial charge in [0.25, 0.3) is 5.91 Å². The Kier molecular flexibility index (Phi) is 9.01. The van der Waals surface area contributed by atoms with E-state index in [-0.39, 0.29) is 22.9 Å². The standard InChI is InChI=1S/C34H40N2O3/c1-5-36-31(35-30(32(36)37)13-7-9-24-15-21-29(22-16-24)34(2,3)4)14-8-11-25-10-6-12-28(23-25)26-17-19-27(20-18-26)33(38)39/h6,10,12,15-23,30H,5,7-9,11,13-14H2,1-4H3,(H,38,39). The first-order valence-corrected chi connectivity index (χ1v) is 14.1. The van der Waals surface area contributed by atoms with Crippen LogP contribution in [0.25, 0.3) is 11.1 Å². The van der Waals surface area contributed by atoms with Gasteiger partial charge in [-0.05, 0) is 84.4 Å². The van der Waals surface area contributed by atoms with Gasteiger partial charge in [-0.1, -0.05) is 81.4 Å². The number of carboxylic acids is 1. The van der Waals surface area contributed by atoms with Gasteiger partial charge in [-0.25, -0.2) is 4.79 Å². The molecule has 1 aliphatic heterocycles. The number of carboxylic acid groups (broad SMARTS) is 1. The topological polar surface area (TPSA) is 70.0 Å². The Morgan fingerprint density at radius 1 is 0.872 bits per heavy atom. The highest BCUT2D eigenvalue weighted by Crippen LogP contribution is 2.25. The summed E-state index contributed by atoms with van der Waals surface area (Å²) in [4.78, 5) is 30.9. The summed E-state index contributed by atoms with van der Waals surface area (Å²) in [6, 6.07) is 23.9. The Labute approximate surface area is 232 Å². The molecule has 0 aliphatic carbocycles. The second-order valence-corrected chi connectivity index (χ2v) is 11.4. The summed E-state index contributed by atoms with van der Waals surface area (Å²) in [5.74, 6) is 0.141. The van der Waals surface area contributed by atoms with Crippen LogP contribution in [-0.4, -0.2) is 40.3 Å². The maximum Gasteiger partial charge on any atom is 0.335 e. The van der Waals surface area contributed by atoms with Crippen LogP contribution in [-0.2, 0) is 23.1 Å². The molecule has 1 heterocycles. The molecule has 0 saturated carbocycles. The van der Waals surface area contributed by atoms with E-state index in [4.69, 9.17) is 10.1 Å². The highest BCUT2D eigenvalue weighted by molar-refractivity contribution is 6.05. The molecule has 4 rings (SSSR count). The predicted octanol–water partition coefficient (Wildman–Crippen LogP) is 7.32. The number of rotatable bonds is 11. The molecule has 5 heteroatoms. The third-order valence-corrected chi connectivity index (χ3v) is 7.50. The molecule has 3 aromatic carbocycles. The summed E-state index contributed by atoms with van der Waals surface area (Å²) in [6.45, 7) is 9.36. The van der Waals surface area contributed by atoms with Crippen molar-refractivity contribution in [2.45, 2.75) is 77.7 Å². The molecule has 5 nitrogen and oxygen atoms in total. The minimum absolute atomic E-state index is 0.141. The highest BCUT2D eigenvalue weighted by Gasteiger charge is 2.32. The lowest BCUT2D eigenvalue weighted by Crippen LogP contribution is -2.35. The molecule has 0 saturated heterocycles. The van der Waals surface area contributed by atoms with Crippen molar-refractivity contribution in [3.05, 3.63) is 95.1 Å². The van der Waals surface area contributed by atoms with E-state index in [1.807, 2.05) is 36.1 Å². The molecule has 1 N–H and O–H groups in total. The summed E-state index contributed by atoms with van der Waals surface area (Å²) < 4.78 is 0. The van der Waals surface area contributed by atoms with Gasteiger partial charge in [-0.3, -0.25) is 14.7 Å². The second-order valence-electron chi connectivity index (χ2n) is 11.4. The third kappa shape index (κ3) is 7.23. The third-order valence-electron chi connectivity index (χ3n) is 7.50. The Hall–Kier alpha value is -3.73. The zero-order chi connectivity index (χ0) is 28.0. The normalized spacial score (nSPS) is 15.5. The molecular formula is C34H40N2O3. The summed E-state index contributed by atoms with van der Waals surface area (Å²) in [5.41, 5.74) is 6.38. The maximum atomic E-state index is 13.0. The Morgan fingerprint density at radius 3 is 2.21 bits per heavy atom. The van der Waals surface area contributed by atoms with E-state index in [2.05, 4.69) is 57.2 Å². The van der Waals surface area contributed by atoms with Crippen molar-refractivity contribution < 1.29 is 14.7 Å². The SMILES string of the molecule is CCN1C(=O)C(CCCc2ccc(C(C)(C)C)cc2)N=C1CCCc1cccc(-c2ccc(C(=O)O)cc2)c1. The van der Waals surface area contributed by atoms with Crippen LogP contribution in [0.1, 0.15) is 80.4 Å². The molecule has 0 fully saturated rings. The fraction of sp³-hybridized carbons (Fsp3) is 0.382. The zero-order valence-corrected chi connectivity index (χ0v) is 23.6. The largest absolute Gasteiger partial charge is 0.478 e.